The zero-order valence-corrected chi connectivity index (χ0v) is 14.3. The van der Waals surface area contributed by atoms with Gasteiger partial charge in [0.1, 0.15) is 0 Å². The minimum absolute atomic E-state index is 0.338. The van der Waals surface area contributed by atoms with Crippen LogP contribution in [-0.4, -0.2) is 36.1 Å². The Balaban J connectivity index is 2.79. The lowest BCUT2D eigenvalue weighted by molar-refractivity contribution is 0.00988. The molecule has 0 saturated carbocycles. The van der Waals surface area contributed by atoms with Gasteiger partial charge in [0.2, 0.25) is 0 Å². The molecule has 1 aliphatic rings. The first-order chi connectivity index (χ1) is 8.76. The summed E-state index contributed by atoms with van der Waals surface area (Å²) in [6.45, 7) is 20.1. The molecule has 2 heteroatoms. The van der Waals surface area contributed by atoms with Gasteiger partial charge in [0, 0.05) is 31.2 Å². The molecule has 0 bridgehead atoms. The average Bonchev–Trinajstić information content (AvgIpc) is 2.36. The molecule has 114 valence electrons. The quantitative estimate of drug-likeness (QED) is 0.813. The number of rotatable bonds is 5. The molecule has 1 aliphatic heterocycles. The van der Waals surface area contributed by atoms with Crippen molar-refractivity contribution in [2.45, 2.75) is 79.3 Å². The Bertz CT molecular complexity index is 265. The third-order valence-corrected chi connectivity index (χ3v) is 5.34. The molecule has 19 heavy (non-hydrogen) atoms. The van der Waals surface area contributed by atoms with Crippen molar-refractivity contribution in [3.05, 3.63) is 0 Å². The molecule has 0 aromatic carbocycles. The number of hydrogen-bond donors (Lipinski definition) is 1. The fourth-order valence-electron chi connectivity index (χ4n) is 3.04. The highest BCUT2D eigenvalue weighted by atomic mass is 15.3. The molecule has 1 fully saturated rings. The first-order valence-electron chi connectivity index (χ1n) is 8.25. The maximum absolute atomic E-state index is 3.80. The molecule has 1 rings (SSSR count). The average molecular weight is 268 g/mol. The van der Waals surface area contributed by atoms with Gasteiger partial charge in [-0.25, -0.2) is 0 Å². The fraction of sp³-hybridized carbons (Fsp3) is 1.00. The van der Waals surface area contributed by atoms with Crippen molar-refractivity contribution < 1.29 is 0 Å². The second-order valence-electron chi connectivity index (χ2n) is 7.74. The normalized spacial score (nSPS) is 30.0. The number of hydrogen-bond acceptors (Lipinski definition) is 2. The van der Waals surface area contributed by atoms with E-state index in [2.05, 4.69) is 58.7 Å². The van der Waals surface area contributed by atoms with Crippen LogP contribution in [0.5, 0.6) is 0 Å². The van der Waals surface area contributed by atoms with E-state index in [1.807, 2.05) is 0 Å². The second-order valence-corrected chi connectivity index (χ2v) is 7.74. The molecule has 1 saturated heterocycles. The van der Waals surface area contributed by atoms with Gasteiger partial charge in [-0.3, -0.25) is 4.90 Å². The van der Waals surface area contributed by atoms with E-state index in [0.29, 0.717) is 17.0 Å². The van der Waals surface area contributed by atoms with Crippen LogP contribution in [0.4, 0.5) is 0 Å². The molecular formula is C17H36N2. The third kappa shape index (κ3) is 4.19. The summed E-state index contributed by atoms with van der Waals surface area (Å²) in [5.41, 5.74) is 0.686. The van der Waals surface area contributed by atoms with E-state index in [-0.39, 0.29) is 0 Å². The number of nitrogens with one attached hydrogen (secondary N) is 1. The van der Waals surface area contributed by atoms with Gasteiger partial charge in [-0.1, -0.05) is 54.4 Å². The first kappa shape index (κ1) is 17.0. The molecule has 0 amide bonds. The Morgan fingerprint density at radius 1 is 1.21 bits per heavy atom. The number of piperazine rings is 1. The summed E-state index contributed by atoms with van der Waals surface area (Å²) in [4.78, 5) is 2.77. The summed E-state index contributed by atoms with van der Waals surface area (Å²) >= 11 is 0. The highest BCUT2D eigenvalue weighted by Crippen LogP contribution is 2.30. The maximum Gasteiger partial charge on any atom is 0.0304 e. The molecule has 2 unspecified atom stereocenters. The van der Waals surface area contributed by atoms with Gasteiger partial charge in [-0.2, -0.15) is 0 Å². The molecule has 0 aromatic rings. The molecule has 1 N–H and O–H groups in total. The van der Waals surface area contributed by atoms with E-state index in [0.717, 1.165) is 12.5 Å². The van der Waals surface area contributed by atoms with Crippen molar-refractivity contribution in [2.24, 2.45) is 11.3 Å². The van der Waals surface area contributed by atoms with Gasteiger partial charge in [0.15, 0.2) is 0 Å². The lowest BCUT2D eigenvalue weighted by Crippen LogP contribution is -2.66. The first-order valence-corrected chi connectivity index (χ1v) is 8.25. The largest absolute Gasteiger partial charge is 0.310 e. The summed E-state index contributed by atoms with van der Waals surface area (Å²) in [6.07, 6.45) is 3.85. The Hall–Kier alpha value is -0.0800. The summed E-state index contributed by atoms with van der Waals surface area (Å²) in [5, 5.41) is 3.80. The number of nitrogens with zero attached hydrogens (tertiary/aromatic N) is 1. The van der Waals surface area contributed by atoms with E-state index in [9.17, 15) is 0 Å². The SMILES string of the molecule is CCC(CC)CN1CC(C(C)(C)C)NCC1(C)CC. The van der Waals surface area contributed by atoms with Crippen LogP contribution in [0.3, 0.4) is 0 Å². The van der Waals surface area contributed by atoms with Crippen molar-refractivity contribution in [3.8, 4) is 0 Å². The van der Waals surface area contributed by atoms with Crippen molar-refractivity contribution in [1.29, 1.82) is 0 Å². The minimum atomic E-state index is 0.338. The lowest BCUT2D eigenvalue weighted by atomic mass is 9.81. The molecule has 0 aliphatic carbocycles. The zero-order chi connectivity index (χ0) is 14.7. The molecule has 2 nitrogen and oxygen atoms in total. The van der Waals surface area contributed by atoms with Crippen LogP contribution >= 0.6 is 0 Å². The van der Waals surface area contributed by atoms with Crippen molar-refractivity contribution in [1.82, 2.24) is 10.2 Å². The van der Waals surface area contributed by atoms with Crippen LogP contribution < -0.4 is 5.32 Å². The Kier molecular flexibility index (Phi) is 5.88. The van der Waals surface area contributed by atoms with Crippen molar-refractivity contribution >= 4 is 0 Å². The van der Waals surface area contributed by atoms with Gasteiger partial charge in [-0.05, 0) is 24.7 Å². The molecule has 0 aromatic heterocycles. The summed E-state index contributed by atoms with van der Waals surface area (Å²) in [5.74, 6) is 0.851. The van der Waals surface area contributed by atoms with Crippen LogP contribution in [-0.2, 0) is 0 Å². The maximum atomic E-state index is 3.80. The third-order valence-electron chi connectivity index (χ3n) is 5.34. The molecule has 1 heterocycles. The summed E-state index contributed by atoms with van der Waals surface area (Å²) in [7, 11) is 0. The Morgan fingerprint density at radius 2 is 1.79 bits per heavy atom. The van der Waals surface area contributed by atoms with Gasteiger partial charge in [-0.15, -0.1) is 0 Å². The van der Waals surface area contributed by atoms with E-state index in [1.165, 1.54) is 32.4 Å². The van der Waals surface area contributed by atoms with Crippen molar-refractivity contribution in [2.75, 3.05) is 19.6 Å². The van der Waals surface area contributed by atoms with Crippen molar-refractivity contribution in [3.63, 3.8) is 0 Å². The lowest BCUT2D eigenvalue weighted by Gasteiger charge is -2.51. The minimum Gasteiger partial charge on any atom is -0.310 e. The Labute approximate surface area is 121 Å². The topological polar surface area (TPSA) is 15.3 Å². The van der Waals surface area contributed by atoms with Crippen LogP contribution in [0.25, 0.3) is 0 Å². The summed E-state index contributed by atoms with van der Waals surface area (Å²) in [6, 6.07) is 0.612. The van der Waals surface area contributed by atoms with E-state index in [1.54, 1.807) is 0 Å². The predicted octanol–water partition coefficient (Wildman–Crippen LogP) is 3.91. The molecule has 2 atom stereocenters. The Morgan fingerprint density at radius 3 is 2.21 bits per heavy atom. The highest BCUT2D eigenvalue weighted by Gasteiger charge is 2.40. The van der Waals surface area contributed by atoms with Crippen LogP contribution in [0.2, 0.25) is 0 Å². The smallest absolute Gasteiger partial charge is 0.0304 e. The highest BCUT2D eigenvalue weighted by molar-refractivity contribution is 4.98. The van der Waals surface area contributed by atoms with Gasteiger partial charge < -0.3 is 5.32 Å². The van der Waals surface area contributed by atoms with Crippen LogP contribution in [0, 0.1) is 11.3 Å². The standard InChI is InChI=1S/C17H36N2/c1-8-14(9-2)11-19-12-15(16(4,5)6)18-13-17(19,7)10-3/h14-15,18H,8-13H2,1-7H3. The van der Waals surface area contributed by atoms with Crippen LogP contribution in [0.15, 0.2) is 0 Å². The predicted molar refractivity (Wildman–Crippen MR) is 85.6 cm³/mol. The van der Waals surface area contributed by atoms with E-state index < -0.39 is 0 Å². The molecule has 0 spiro atoms. The molecule has 0 radical (unpaired) electrons. The zero-order valence-electron chi connectivity index (χ0n) is 14.3. The summed E-state index contributed by atoms with van der Waals surface area (Å²) < 4.78 is 0. The second kappa shape index (κ2) is 6.58. The molecular weight excluding hydrogens is 232 g/mol. The fourth-order valence-corrected chi connectivity index (χ4v) is 3.04. The van der Waals surface area contributed by atoms with Crippen LogP contribution in [0.1, 0.15) is 67.7 Å². The van der Waals surface area contributed by atoms with E-state index in [4.69, 9.17) is 0 Å². The van der Waals surface area contributed by atoms with Gasteiger partial charge in [0.25, 0.3) is 0 Å². The monoisotopic (exact) mass is 268 g/mol. The van der Waals surface area contributed by atoms with Gasteiger partial charge in [0.05, 0.1) is 0 Å². The van der Waals surface area contributed by atoms with Gasteiger partial charge >= 0.3 is 0 Å². The van der Waals surface area contributed by atoms with E-state index >= 15 is 0 Å².